The van der Waals surface area contributed by atoms with Gasteiger partial charge in [-0.2, -0.15) is 4.72 Å². The number of ketones is 1. The summed E-state index contributed by atoms with van der Waals surface area (Å²) in [4.78, 5) is 22.2. The predicted octanol–water partition coefficient (Wildman–Crippen LogP) is 0.729. The summed E-state index contributed by atoms with van der Waals surface area (Å²) in [5, 5.41) is 0. The van der Waals surface area contributed by atoms with Crippen molar-refractivity contribution < 1.29 is 22.7 Å². The summed E-state index contributed by atoms with van der Waals surface area (Å²) >= 11 is 0. The molecule has 104 valence electrons. The Morgan fingerprint density at radius 2 is 1.74 bits per heavy atom. The van der Waals surface area contributed by atoms with Gasteiger partial charge in [0.15, 0.2) is 5.78 Å². The molecule has 0 aliphatic rings. The second-order valence-electron chi connectivity index (χ2n) is 3.95. The molecular formula is C12H15NO5S. The highest BCUT2D eigenvalue weighted by molar-refractivity contribution is 7.89. The highest BCUT2D eigenvalue weighted by Gasteiger charge is 2.22. The number of rotatable bonds is 5. The molecule has 1 atom stereocenters. The van der Waals surface area contributed by atoms with Crippen LogP contribution in [0.1, 0.15) is 24.2 Å². The van der Waals surface area contributed by atoms with Gasteiger partial charge in [-0.1, -0.05) is 12.1 Å². The molecule has 0 saturated carbocycles. The zero-order valence-electron chi connectivity index (χ0n) is 10.8. The average Bonchev–Trinajstić information content (AvgIpc) is 2.37. The van der Waals surface area contributed by atoms with Crippen molar-refractivity contribution in [1.82, 2.24) is 4.72 Å². The lowest BCUT2D eigenvalue weighted by molar-refractivity contribution is -0.142. The normalized spacial score (nSPS) is 12.8. The highest BCUT2D eigenvalue weighted by Crippen LogP contribution is 2.11. The van der Waals surface area contributed by atoms with Gasteiger partial charge in [-0.15, -0.1) is 0 Å². The molecule has 0 heterocycles. The second-order valence-corrected chi connectivity index (χ2v) is 5.66. The molecule has 6 nitrogen and oxygen atoms in total. The zero-order valence-corrected chi connectivity index (χ0v) is 11.7. The largest absolute Gasteiger partial charge is 0.468 e. The summed E-state index contributed by atoms with van der Waals surface area (Å²) in [7, 11) is -2.64. The third-order valence-electron chi connectivity index (χ3n) is 2.46. The maximum atomic E-state index is 11.9. The van der Waals surface area contributed by atoms with Gasteiger partial charge in [0, 0.05) is 5.56 Å². The molecule has 0 bridgehead atoms. The smallest absolute Gasteiger partial charge is 0.323 e. The maximum Gasteiger partial charge on any atom is 0.323 e. The SMILES string of the molecule is COC(=O)[C@@H](C)NS(=O)(=O)c1ccc(C(C)=O)cc1. The lowest BCUT2D eigenvalue weighted by Crippen LogP contribution is -2.39. The summed E-state index contributed by atoms with van der Waals surface area (Å²) in [6.45, 7) is 2.77. The standard InChI is InChI=1S/C12H15NO5S/c1-8(12(15)18-3)13-19(16,17)11-6-4-10(5-7-11)9(2)14/h4-8,13H,1-3H3/t8-/m1/s1. The number of sulfonamides is 1. The zero-order chi connectivity index (χ0) is 14.6. The highest BCUT2D eigenvalue weighted by atomic mass is 32.2. The molecule has 0 aliphatic carbocycles. The molecule has 0 radical (unpaired) electrons. The fourth-order valence-corrected chi connectivity index (χ4v) is 2.59. The lowest BCUT2D eigenvalue weighted by atomic mass is 10.2. The number of ether oxygens (including phenoxy) is 1. The van der Waals surface area contributed by atoms with Crippen LogP contribution in [0.5, 0.6) is 0 Å². The van der Waals surface area contributed by atoms with E-state index in [4.69, 9.17) is 0 Å². The monoisotopic (exact) mass is 285 g/mol. The average molecular weight is 285 g/mol. The van der Waals surface area contributed by atoms with E-state index in [0.29, 0.717) is 5.56 Å². The number of Topliss-reactive ketones (excluding diaryl/α,β-unsaturated/α-hetero) is 1. The van der Waals surface area contributed by atoms with Crippen molar-refractivity contribution in [3.05, 3.63) is 29.8 Å². The summed E-state index contributed by atoms with van der Waals surface area (Å²) in [6, 6.07) is 4.47. The molecule has 1 N–H and O–H groups in total. The number of hydrogen-bond donors (Lipinski definition) is 1. The van der Waals surface area contributed by atoms with Gasteiger partial charge in [0.05, 0.1) is 12.0 Å². The summed E-state index contributed by atoms with van der Waals surface area (Å²) in [5.74, 6) is -0.830. The van der Waals surface area contributed by atoms with E-state index in [1.807, 2.05) is 0 Å². The molecule has 0 unspecified atom stereocenters. The predicted molar refractivity (Wildman–Crippen MR) is 68.2 cm³/mol. The van der Waals surface area contributed by atoms with Gasteiger partial charge in [0.2, 0.25) is 10.0 Å². The van der Waals surface area contributed by atoms with Crippen LogP contribution in [0.4, 0.5) is 0 Å². The van der Waals surface area contributed by atoms with E-state index in [0.717, 1.165) is 0 Å². The third kappa shape index (κ3) is 3.87. The fourth-order valence-electron chi connectivity index (χ4n) is 1.39. The van der Waals surface area contributed by atoms with E-state index in [1.165, 1.54) is 45.2 Å². The van der Waals surface area contributed by atoms with Crippen LogP contribution in [0, 0.1) is 0 Å². The van der Waals surface area contributed by atoms with E-state index in [9.17, 15) is 18.0 Å². The van der Waals surface area contributed by atoms with Crippen LogP contribution >= 0.6 is 0 Å². The van der Waals surface area contributed by atoms with Crippen molar-refractivity contribution in [2.45, 2.75) is 24.8 Å². The quantitative estimate of drug-likeness (QED) is 0.636. The molecule has 0 aliphatic heterocycles. The Bertz CT molecular complexity index is 577. The summed E-state index contributed by atoms with van der Waals surface area (Å²) in [5.41, 5.74) is 0.417. The van der Waals surface area contributed by atoms with Gasteiger partial charge < -0.3 is 4.74 Å². The maximum absolute atomic E-state index is 11.9. The number of esters is 1. The Balaban J connectivity index is 2.94. The van der Waals surface area contributed by atoms with E-state index >= 15 is 0 Å². The molecule has 0 aromatic heterocycles. The van der Waals surface area contributed by atoms with E-state index < -0.39 is 22.0 Å². The molecule has 1 aromatic rings. The number of hydrogen-bond acceptors (Lipinski definition) is 5. The van der Waals surface area contributed by atoms with Crippen molar-refractivity contribution >= 4 is 21.8 Å². The van der Waals surface area contributed by atoms with Crippen molar-refractivity contribution in [3.8, 4) is 0 Å². The molecule has 1 rings (SSSR count). The lowest BCUT2D eigenvalue weighted by Gasteiger charge is -2.12. The van der Waals surface area contributed by atoms with Crippen LogP contribution in [0.15, 0.2) is 29.2 Å². The van der Waals surface area contributed by atoms with Crippen molar-refractivity contribution in [3.63, 3.8) is 0 Å². The number of methoxy groups -OCH3 is 1. The first-order chi connectivity index (χ1) is 8.77. The van der Waals surface area contributed by atoms with Crippen LogP contribution in [-0.4, -0.2) is 33.3 Å². The van der Waals surface area contributed by atoms with Crippen molar-refractivity contribution in [2.75, 3.05) is 7.11 Å². The molecule has 1 aromatic carbocycles. The summed E-state index contributed by atoms with van der Waals surface area (Å²) in [6.07, 6.45) is 0. The first-order valence-electron chi connectivity index (χ1n) is 5.49. The van der Waals surface area contributed by atoms with E-state index in [2.05, 4.69) is 9.46 Å². The summed E-state index contributed by atoms with van der Waals surface area (Å²) < 4.78 is 30.5. The molecule has 0 saturated heterocycles. The minimum absolute atomic E-state index is 0.0201. The minimum atomic E-state index is -3.82. The Morgan fingerprint density at radius 3 is 2.16 bits per heavy atom. The van der Waals surface area contributed by atoms with Crippen LogP contribution < -0.4 is 4.72 Å². The first-order valence-corrected chi connectivity index (χ1v) is 6.97. The Labute approximate surface area is 111 Å². The third-order valence-corrected chi connectivity index (χ3v) is 4.01. The Hall–Kier alpha value is -1.73. The topological polar surface area (TPSA) is 89.5 Å². The van der Waals surface area contributed by atoms with E-state index in [1.54, 1.807) is 0 Å². The molecular weight excluding hydrogens is 270 g/mol. The molecule has 7 heteroatoms. The van der Waals surface area contributed by atoms with Crippen molar-refractivity contribution in [2.24, 2.45) is 0 Å². The first kappa shape index (κ1) is 15.3. The van der Waals surface area contributed by atoms with Gasteiger partial charge >= 0.3 is 5.97 Å². The van der Waals surface area contributed by atoms with Crippen LogP contribution in [0.25, 0.3) is 0 Å². The van der Waals surface area contributed by atoms with Gasteiger partial charge in [0.1, 0.15) is 6.04 Å². The molecule has 19 heavy (non-hydrogen) atoms. The van der Waals surface area contributed by atoms with Crippen molar-refractivity contribution in [1.29, 1.82) is 0 Å². The van der Waals surface area contributed by atoms with Crippen LogP contribution in [0.2, 0.25) is 0 Å². The van der Waals surface area contributed by atoms with Gasteiger partial charge in [-0.3, -0.25) is 9.59 Å². The molecule has 0 amide bonds. The van der Waals surface area contributed by atoms with Gasteiger partial charge in [0.25, 0.3) is 0 Å². The number of carbonyl (C=O) groups excluding carboxylic acids is 2. The Morgan fingerprint density at radius 1 is 1.21 bits per heavy atom. The number of carbonyl (C=O) groups is 2. The molecule has 0 spiro atoms. The Kier molecular flexibility index (Phi) is 4.79. The van der Waals surface area contributed by atoms with Crippen LogP contribution in [-0.2, 0) is 19.6 Å². The van der Waals surface area contributed by atoms with E-state index in [-0.39, 0.29) is 10.7 Å². The fraction of sp³-hybridized carbons (Fsp3) is 0.333. The number of nitrogens with one attached hydrogen (secondary N) is 1. The minimum Gasteiger partial charge on any atom is -0.468 e. The number of benzene rings is 1. The molecule has 0 fully saturated rings. The second kappa shape index (κ2) is 5.94. The van der Waals surface area contributed by atoms with Crippen LogP contribution in [0.3, 0.4) is 0 Å². The van der Waals surface area contributed by atoms with Gasteiger partial charge in [-0.25, -0.2) is 8.42 Å². The van der Waals surface area contributed by atoms with Gasteiger partial charge in [-0.05, 0) is 26.0 Å².